The summed E-state index contributed by atoms with van der Waals surface area (Å²) in [6.45, 7) is 5.20. The number of hydrogen-bond acceptors (Lipinski definition) is 3. The first kappa shape index (κ1) is 17.9. The Labute approximate surface area is 145 Å². The van der Waals surface area contributed by atoms with Crippen molar-refractivity contribution in [1.82, 2.24) is 4.90 Å². The molecule has 1 saturated carbocycles. The number of hydrogen-bond donors (Lipinski definition) is 1. The van der Waals surface area contributed by atoms with Gasteiger partial charge in [0.25, 0.3) is 0 Å². The lowest BCUT2D eigenvalue weighted by Gasteiger charge is -2.32. The third-order valence-corrected chi connectivity index (χ3v) is 3.89. The summed E-state index contributed by atoms with van der Waals surface area (Å²) in [6, 6.07) is 3.17. The van der Waals surface area contributed by atoms with Crippen LogP contribution in [0.25, 0.3) is 0 Å². The molecule has 7 heteroatoms. The van der Waals surface area contributed by atoms with Gasteiger partial charge < -0.3 is 9.84 Å². The number of ether oxygens (including phenoxy) is 1. The molecule has 1 aromatic rings. The predicted octanol–water partition coefficient (Wildman–Crippen LogP) is 4.52. The zero-order valence-electron chi connectivity index (χ0n) is 13.2. The van der Waals surface area contributed by atoms with Gasteiger partial charge in [0.15, 0.2) is 6.04 Å². The maximum atomic E-state index is 12.5. The van der Waals surface area contributed by atoms with Crippen molar-refractivity contribution >= 4 is 35.3 Å². The SMILES string of the molecule is CC(C)(C)OC(=O)N(C1CC1)C(C(=O)O)c1cc(Cl)ccc1Cl. The third-order valence-electron chi connectivity index (χ3n) is 3.31. The van der Waals surface area contributed by atoms with Crippen LogP contribution in [0.1, 0.15) is 45.2 Å². The molecule has 5 nitrogen and oxygen atoms in total. The van der Waals surface area contributed by atoms with Gasteiger partial charge in [0.05, 0.1) is 0 Å². The monoisotopic (exact) mass is 359 g/mol. The minimum atomic E-state index is -1.23. The van der Waals surface area contributed by atoms with E-state index in [1.165, 1.54) is 17.0 Å². The first-order valence-electron chi connectivity index (χ1n) is 7.29. The van der Waals surface area contributed by atoms with Crippen molar-refractivity contribution in [2.45, 2.75) is 51.3 Å². The van der Waals surface area contributed by atoms with Crippen LogP contribution in [-0.2, 0) is 9.53 Å². The van der Waals surface area contributed by atoms with Gasteiger partial charge >= 0.3 is 12.1 Å². The molecule has 0 saturated heterocycles. The number of carboxylic acids is 1. The normalized spacial score (nSPS) is 15.9. The van der Waals surface area contributed by atoms with Crippen LogP contribution in [0.2, 0.25) is 10.0 Å². The van der Waals surface area contributed by atoms with Gasteiger partial charge in [-0.2, -0.15) is 0 Å². The van der Waals surface area contributed by atoms with Crippen molar-refractivity contribution < 1.29 is 19.4 Å². The average Bonchev–Trinajstić information content (AvgIpc) is 3.20. The molecule has 1 aliphatic rings. The summed E-state index contributed by atoms with van der Waals surface area (Å²) < 4.78 is 5.37. The van der Waals surface area contributed by atoms with Gasteiger partial charge in [0, 0.05) is 21.7 Å². The second kappa shape index (κ2) is 6.57. The van der Waals surface area contributed by atoms with Crippen LogP contribution in [0, 0.1) is 0 Å². The van der Waals surface area contributed by atoms with Crippen molar-refractivity contribution in [2.75, 3.05) is 0 Å². The highest BCUT2D eigenvalue weighted by molar-refractivity contribution is 6.33. The molecular formula is C16H19Cl2NO4. The molecule has 1 aliphatic carbocycles. The first-order valence-corrected chi connectivity index (χ1v) is 8.05. The minimum absolute atomic E-state index is 0.166. The summed E-state index contributed by atoms with van der Waals surface area (Å²) in [5, 5.41) is 10.3. The Kier molecular flexibility index (Phi) is 5.11. The van der Waals surface area contributed by atoms with E-state index in [0.717, 1.165) is 12.8 Å². The van der Waals surface area contributed by atoms with E-state index in [9.17, 15) is 14.7 Å². The third kappa shape index (κ3) is 4.52. The Balaban J connectivity index is 2.42. The summed E-state index contributed by atoms with van der Waals surface area (Å²) in [4.78, 5) is 25.6. The van der Waals surface area contributed by atoms with Crippen LogP contribution in [0.5, 0.6) is 0 Å². The Morgan fingerprint density at radius 2 is 1.91 bits per heavy atom. The molecule has 1 fully saturated rings. The predicted molar refractivity (Wildman–Crippen MR) is 87.9 cm³/mol. The van der Waals surface area contributed by atoms with Gasteiger partial charge in [-0.3, -0.25) is 4.90 Å². The van der Waals surface area contributed by atoms with Gasteiger partial charge in [0.2, 0.25) is 0 Å². The van der Waals surface area contributed by atoms with Crippen LogP contribution in [0.3, 0.4) is 0 Å². The number of carbonyl (C=O) groups is 2. The van der Waals surface area contributed by atoms with E-state index in [0.29, 0.717) is 5.02 Å². The molecule has 1 atom stereocenters. The Morgan fingerprint density at radius 3 is 2.39 bits per heavy atom. The maximum Gasteiger partial charge on any atom is 0.411 e. The van der Waals surface area contributed by atoms with Gasteiger partial charge in [-0.25, -0.2) is 9.59 Å². The van der Waals surface area contributed by atoms with Gasteiger partial charge in [0.1, 0.15) is 5.60 Å². The quantitative estimate of drug-likeness (QED) is 0.857. The molecule has 1 N–H and O–H groups in total. The fourth-order valence-electron chi connectivity index (χ4n) is 2.26. The van der Waals surface area contributed by atoms with Gasteiger partial charge in [-0.15, -0.1) is 0 Å². The molecular weight excluding hydrogens is 341 g/mol. The smallest absolute Gasteiger partial charge is 0.411 e. The van der Waals surface area contributed by atoms with Crippen LogP contribution in [-0.4, -0.2) is 33.7 Å². The topological polar surface area (TPSA) is 66.8 Å². The van der Waals surface area contributed by atoms with E-state index < -0.39 is 23.7 Å². The van der Waals surface area contributed by atoms with Crippen LogP contribution < -0.4 is 0 Å². The zero-order valence-corrected chi connectivity index (χ0v) is 14.7. The highest BCUT2D eigenvalue weighted by Crippen LogP contribution is 2.38. The molecule has 23 heavy (non-hydrogen) atoms. The maximum absolute atomic E-state index is 12.5. The van der Waals surface area contributed by atoms with Crippen LogP contribution in [0.4, 0.5) is 4.79 Å². The summed E-state index contributed by atoms with van der Waals surface area (Å²) >= 11 is 12.1. The number of halogens is 2. The minimum Gasteiger partial charge on any atom is -0.479 e. The number of carbonyl (C=O) groups excluding carboxylic acids is 1. The molecule has 0 heterocycles. The van der Waals surface area contributed by atoms with Crippen molar-refractivity contribution in [3.63, 3.8) is 0 Å². The van der Waals surface area contributed by atoms with E-state index in [1.54, 1.807) is 26.8 Å². The molecule has 1 unspecified atom stereocenters. The summed E-state index contributed by atoms with van der Waals surface area (Å²) in [5.41, 5.74) is -0.435. The zero-order chi connectivity index (χ0) is 17.4. The number of benzene rings is 1. The average molecular weight is 360 g/mol. The van der Waals surface area contributed by atoms with Crippen molar-refractivity contribution in [1.29, 1.82) is 0 Å². The van der Waals surface area contributed by atoms with E-state index in [2.05, 4.69) is 0 Å². The number of amides is 1. The molecule has 126 valence electrons. The van der Waals surface area contributed by atoms with E-state index >= 15 is 0 Å². The summed E-state index contributed by atoms with van der Waals surface area (Å²) in [7, 11) is 0. The first-order chi connectivity index (χ1) is 10.6. The Hall–Kier alpha value is -1.46. The molecule has 1 amide bonds. The van der Waals surface area contributed by atoms with E-state index in [1.807, 2.05) is 0 Å². The fraction of sp³-hybridized carbons (Fsp3) is 0.500. The molecule has 0 aliphatic heterocycles. The molecule has 0 bridgehead atoms. The summed E-state index contributed by atoms with van der Waals surface area (Å²) in [5.74, 6) is -1.17. The number of nitrogens with zero attached hydrogens (tertiary/aromatic N) is 1. The van der Waals surface area contributed by atoms with Crippen molar-refractivity contribution in [3.05, 3.63) is 33.8 Å². The second-order valence-corrected chi connectivity index (χ2v) is 7.37. The van der Waals surface area contributed by atoms with Crippen LogP contribution >= 0.6 is 23.2 Å². The van der Waals surface area contributed by atoms with Gasteiger partial charge in [-0.05, 0) is 51.8 Å². The Bertz CT molecular complexity index is 623. The lowest BCUT2D eigenvalue weighted by molar-refractivity contribution is -0.143. The van der Waals surface area contributed by atoms with Crippen molar-refractivity contribution in [3.8, 4) is 0 Å². The largest absolute Gasteiger partial charge is 0.479 e. The van der Waals surface area contributed by atoms with Crippen LogP contribution in [0.15, 0.2) is 18.2 Å². The fourth-order valence-corrected chi connectivity index (χ4v) is 2.66. The van der Waals surface area contributed by atoms with E-state index in [4.69, 9.17) is 27.9 Å². The highest BCUT2D eigenvalue weighted by atomic mass is 35.5. The second-order valence-electron chi connectivity index (χ2n) is 6.53. The van der Waals surface area contributed by atoms with Gasteiger partial charge in [-0.1, -0.05) is 23.2 Å². The molecule has 0 spiro atoms. The highest BCUT2D eigenvalue weighted by Gasteiger charge is 2.44. The van der Waals surface area contributed by atoms with Crippen molar-refractivity contribution in [2.24, 2.45) is 0 Å². The lowest BCUT2D eigenvalue weighted by atomic mass is 10.1. The number of rotatable bonds is 4. The standard InChI is InChI=1S/C16H19Cl2NO4/c1-16(2,3)23-15(22)19(10-5-6-10)13(14(20)21)11-8-9(17)4-7-12(11)18/h4,7-8,10,13H,5-6H2,1-3H3,(H,20,21). The Morgan fingerprint density at radius 1 is 1.30 bits per heavy atom. The molecule has 1 aromatic carbocycles. The molecule has 0 aromatic heterocycles. The molecule has 0 radical (unpaired) electrons. The molecule has 2 rings (SSSR count). The number of aliphatic carboxylic acids is 1. The van der Waals surface area contributed by atoms with E-state index in [-0.39, 0.29) is 16.6 Å². The number of carboxylic acid groups (broad SMARTS) is 1. The summed E-state index contributed by atoms with van der Waals surface area (Å²) in [6.07, 6.45) is 0.811. The lowest BCUT2D eigenvalue weighted by Crippen LogP contribution is -2.43.